The summed E-state index contributed by atoms with van der Waals surface area (Å²) in [6, 6.07) is 0. The van der Waals surface area contributed by atoms with Gasteiger partial charge in [0.1, 0.15) is 0 Å². The standard InChI is InChI=1S/C10H17BrF3NO/c11-7-3-1-2-4-8-15-9(16)5-6-10(12,13)14/h1-8H2,(H,15,16). The van der Waals surface area contributed by atoms with Crippen LogP contribution in [0.4, 0.5) is 13.2 Å². The molecule has 0 aromatic rings. The average molecular weight is 304 g/mol. The fourth-order valence-corrected chi connectivity index (χ4v) is 1.54. The number of amides is 1. The lowest BCUT2D eigenvalue weighted by Gasteiger charge is -2.07. The van der Waals surface area contributed by atoms with Crippen molar-refractivity contribution in [2.24, 2.45) is 0 Å². The van der Waals surface area contributed by atoms with Crippen LogP contribution in [0.2, 0.25) is 0 Å². The first-order valence-electron chi connectivity index (χ1n) is 5.35. The van der Waals surface area contributed by atoms with E-state index in [-0.39, 0.29) is 0 Å². The largest absolute Gasteiger partial charge is 0.389 e. The molecule has 0 heterocycles. The lowest BCUT2D eigenvalue weighted by molar-refractivity contribution is -0.144. The highest BCUT2D eigenvalue weighted by atomic mass is 79.9. The normalized spacial score (nSPS) is 11.5. The van der Waals surface area contributed by atoms with Crippen LogP contribution >= 0.6 is 15.9 Å². The van der Waals surface area contributed by atoms with Crippen LogP contribution in [0.15, 0.2) is 0 Å². The molecule has 6 heteroatoms. The molecule has 1 N–H and O–H groups in total. The van der Waals surface area contributed by atoms with Gasteiger partial charge in [-0.25, -0.2) is 0 Å². The minimum atomic E-state index is -4.24. The van der Waals surface area contributed by atoms with Crippen LogP contribution in [0.5, 0.6) is 0 Å². The monoisotopic (exact) mass is 303 g/mol. The molecular weight excluding hydrogens is 287 g/mol. The van der Waals surface area contributed by atoms with E-state index < -0.39 is 24.9 Å². The van der Waals surface area contributed by atoms with Crippen LogP contribution < -0.4 is 5.32 Å². The second-order valence-corrected chi connectivity index (χ2v) is 4.36. The topological polar surface area (TPSA) is 29.1 Å². The maximum Gasteiger partial charge on any atom is 0.389 e. The number of carbonyl (C=O) groups is 1. The summed E-state index contributed by atoms with van der Waals surface area (Å²) in [7, 11) is 0. The van der Waals surface area contributed by atoms with Gasteiger partial charge in [-0.3, -0.25) is 4.79 Å². The quantitative estimate of drug-likeness (QED) is 0.540. The summed E-state index contributed by atoms with van der Waals surface area (Å²) in [5, 5.41) is 3.44. The predicted octanol–water partition coefficient (Wildman–Crippen LogP) is 3.40. The Hall–Kier alpha value is -0.260. The van der Waals surface area contributed by atoms with E-state index in [1.807, 2.05) is 0 Å². The molecule has 0 saturated carbocycles. The SMILES string of the molecule is O=C(CCC(F)(F)F)NCCCCCCBr. The van der Waals surface area contributed by atoms with Gasteiger partial charge in [-0.15, -0.1) is 0 Å². The van der Waals surface area contributed by atoms with Crippen molar-refractivity contribution in [2.45, 2.75) is 44.7 Å². The van der Waals surface area contributed by atoms with Crippen LogP contribution in [0.25, 0.3) is 0 Å². The lowest BCUT2D eigenvalue weighted by Crippen LogP contribution is -2.25. The van der Waals surface area contributed by atoms with Gasteiger partial charge in [0, 0.05) is 18.3 Å². The highest BCUT2D eigenvalue weighted by molar-refractivity contribution is 9.09. The Bertz CT molecular complexity index is 197. The third kappa shape index (κ3) is 11.8. The Kier molecular flexibility index (Phi) is 8.70. The zero-order valence-electron chi connectivity index (χ0n) is 9.08. The van der Waals surface area contributed by atoms with Crippen molar-refractivity contribution < 1.29 is 18.0 Å². The van der Waals surface area contributed by atoms with Gasteiger partial charge in [-0.1, -0.05) is 28.8 Å². The minimum absolute atomic E-state index is 0.467. The average Bonchev–Trinajstić information content (AvgIpc) is 2.19. The third-order valence-electron chi connectivity index (χ3n) is 2.02. The molecule has 0 aliphatic heterocycles. The van der Waals surface area contributed by atoms with Crippen molar-refractivity contribution in [2.75, 3.05) is 11.9 Å². The van der Waals surface area contributed by atoms with E-state index in [9.17, 15) is 18.0 Å². The maximum absolute atomic E-state index is 11.8. The number of carbonyl (C=O) groups excluding carboxylic acids is 1. The maximum atomic E-state index is 11.8. The first-order valence-corrected chi connectivity index (χ1v) is 6.47. The molecule has 0 aromatic heterocycles. The Balaban J connectivity index is 3.31. The predicted molar refractivity (Wildman–Crippen MR) is 60.6 cm³/mol. The van der Waals surface area contributed by atoms with Crippen LogP contribution in [0.1, 0.15) is 38.5 Å². The summed E-state index contributed by atoms with van der Waals surface area (Å²) in [4.78, 5) is 11.0. The highest BCUT2D eigenvalue weighted by Gasteiger charge is 2.27. The minimum Gasteiger partial charge on any atom is -0.356 e. The van der Waals surface area contributed by atoms with E-state index in [1.165, 1.54) is 0 Å². The second kappa shape index (κ2) is 8.84. The molecule has 0 unspecified atom stereocenters. The number of unbranched alkanes of at least 4 members (excludes halogenated alkanes) is 3. The van der Waals surface area contributed by atoms with E-state index in [0.717, 1.165) is 31.0 Å². The van der Waals surface area contributed by atoms with Crippen molar-refractivity contribution in [3.63, 3.8) is 0 Å². The van der Waals surface area contributed by atoms with E-state index in [0.29, 0.717) is 6.54 Å². The van der Waals surface area contributed by atoms with Gasteiger partial charge in [0.05, 0.1) is 6.42 Å². The molecule has 0 aliphatic carbocycles. The van der Waals surface area contributed by atoms with Gasteiger partial charge in [0.25, 0.3) is 0 Å². The summed E-state index contributed by atoms with van der Waals surface area (Å²) in [5.41, 5.74) is 0. The third-order valence-corrected chi connectivity index (χ3v) is 2.58. The summed E-state index contributed by atoms with van der Waals surface area (Å²) < 4.78 is 35.3. The second-order valence-electron chi connectivity index (χ2n) is 3.57. The molecule has 0 aliphatic rings. The Morgan fingerprint density at radius 1 is 1.12 bits per heavy atom. The molecule has 0 saturated heterocycles. The molecule has 0 bridgehead atoms. The number of rotatable bonds is 8. The van der Waals surface area contributed by atoms with Gasteiger partial charge < -0.3 is 5.32 Å². The number of halogens is 4. The summed E-state index contributed by atoms with van der Waals surface area (Å²) >= 11 is 3.30. The van der Waals surface area contributed by atoms with Crippen molar-refractivity contribution >= 4 is 21.8 Å². The molecule has 0 spiro atoms. The smallest absolute Gasteiger partial charge is 0.356 e. The van der Waals surface area contributed by atoms with Crippen LogP contribution in [0, 0.1) is 0 Å². The summed E-state index contributed by atoms with van der Waals surface area (Å²) in [5.74, 6) is -0.516. The lowest BCUT2D eigenvalue weighted by atomic mass is 10.2. The first kappa shape index (κ1) is 15.7. The van der Waals surface area contributed by atoms with Crippen LogP contribution in [0.3, 0.4) is 0 Å². The highest BCUT2D eigenvalue weighted by Crippen LogP contribution is 2.20. The number of hydrogen-bond acceptors (Lipinski definition) is 1. The van der Waals surface area contributed by atoms with Crippen molar-refractivity contribution in [1.82, 2.24) is 5.32 Å². The zero-order chi connectivity index (χ0) is 12.4. The van der Waals surface area contributed by atoms with E-state index in [1.54, 1.807) is 0 Å². The zero-order valence-corrected chi connectivity index (χ0v) is 10.7. The van der Waals surface area contributed by atoms with Gasteiger partial charge in [-0.2, -0.15) is 13.2 Å². The van der Waals surface area contributed by atoms with Crippen LogP contribution in [-0.2, 0) is 4.79 Å². The van der Waals surface area contributed by atoms with E-state index in [4.69, 9.17) is 0 Å². The molecular formula is C10H17BrF3NO. The molecule has 0 aromatic carbocycles. The van der Waals surface area contributed by atoms with Crippen LogP contribution in [-0.4, -0.2) is 24.0 Å². The fraction of sp³-hybridized carbons (Fsp3) is 0.900. The molecule has 1 amide bonds. The number of hydrogen-bond donors (Lipinski definition) is 1. The Morgan fingerprint density at radius 3 is 2.31 bits per heavy atom. The van der Waals surface area contributed by atoms with Crippen molar-refractivity contribution in [1.29, 1.82) is 0 Å². The molecule has 0 fully saturated rings. The molecule has 0 atom stereocenters. The molecule has 16 heavy (non-hydrogen) atoms. The summed E-state index contributed by atoms with van der Waals surface area (Å²) in [6.07, 6.45) is -1.78. The molecule has 96 valence electrons. The van der Waals surface area contributed by atoms with Crippen molar-refractivity contribution in [3.8, 4) is 0 Å². The number of nitrogens with one attached hydrogen (secondary N) is 1. The number of alkyl halides is 4. The summed E-state index contributed by atoms with van der Waals surface area (Å²) in [6.45, 7) is 0.471. The van der Waals surface area contributed by atoms with Crippen molar-refractivity contribution in [3.05, 3.63) is 0 Å². The van der Waals surface area contributed by atoms with Gasteiger partial charge in [0.15, 0.2) is 0 Å². The molecule has 2 nitrogen and oxygen atoms in total. The van der Waals surface area contributed by atoms with E-state index >= 15 is 0 Å². The first-order chi connectivity index (χ1) is 7.45. The molecule has 0 radical (unpaired) electrons. The van der Waals surface area contributed by atoms with Gasteiger partial charge in [0.2, 0.25) is 5.91 Å². The van der Waals surface area contributed by atoms with Gasteiger partial charge >= 0.3 is 6.18 Å². The molecule has 0 rings (SSSR count). The fourth-order valence-electron chi connectivity index (χ4n) is 1.14. The Morgan fingerprint density at radius 2 is 1.75 bits per heavy atom. The van der Waals surface area contributed by atoms with E-state index in [2.05, 4.69) is 21.2 Å². The Labute approximate surface area is 102 Å². The van der Waals surface area contributed by atoms with Gasteiger partial charge in [-0.05, 0) is 12.8 Å².